The van der Waals surface area contributed by atoms with E-state index in [0.717, 1.165) is 38.2 Å². The lowest BCUT2D eigenvalue weighted by atomic mass is 10.1. The van der Waals surface area contributed by atoms with Gasteiger partial charge in [-0.2, -0.15) is 0 Å². The van der Waals surface area contributed by atoms with Gasteiger partial charge < -0.3 is 10.5 Å². The Labute approximate surface area is 101 Å². The van der Waals surface area contributed by atoms with E-state index < -0.39 is 0 Å². The number of rotatable bonds is 4. The van der Waals surface area contributed by atoms with Gasteiger partial charge in [0.05, 0.1) is 12.7 Å². The second kappa shape index (κ2) is 6.10. The fourth-order valence-electron chi connectivity index (χ4n) is 2.11. The smallest absolute Gasteiger partial charge is 0.126 e. The van der Waals surface area contributed by atoms with E-state index in [1.54, 1.807) is 6.07 Å². The second-order valence-electron chi connectivity index (χ2n) is 4.37. The fraction of sp³-hybridized carbons (Fsp3) is 0.538. The van der Waals surface area contributed by atoms with Crippen molar-refractivity contribution in [2.24, 2.45) is 5.73 Å². The molecule has 0 bridgehead atoms. The van der Waals surface area contributed by atoms with Crippen LogP contribution in [-0.2, 0) is 11.2 Å². The number of morpholine rings is 1. The molecule has 0 aromatic heterocycles. The van der Waals surface area contributed by atoms with E-state index in [2.05, 4.69) is 4.90 Å². The van der Waals surface area contributed by atoms with Gasteiger partial charge >= 0.3 is 0 Å². The zero-order valence-corrected chi connectivity index (χ0v) is 9.94. The normalized spacial score (nSPS) is 21.6. The molecule has 17 heavy (non-hydrogen) atoms. The van der Waals surface area contributed by atoms with Crippen LogP contribution in [0.15, 0.2) is 24.3 Å². The molecule has 2 rings (SSSR count). The van der Waals surface area contributed by atoms with Crippen molar-refractivity contribution in [1.29, 1.82) is 0 Å². The Kier molecular flexibility index (Phi) is 4.48. The molecular weight excluding hydrogens is 219 g/mol. The molecule has 2 N–H and O–H groups in total. The molecule has 4 heteroatoms. The standard InChI is InChI=1S/C13H19FN2O/c14-13-4-2-1-3-11(13)5-6-16-7-8-17-12(9-15)10-16/h1-4,12H,5-10,15H2. The number of benzene rings is 1. The van der Waals surface area contributed by atoms with E-state index >= 15 is 0 Å². The van der Waals surface area contributed by atoms with Crippen molar-refractivity contribution in [3.05, 3.63) is 35.6 Å². The largest absolute Gasteiger partial charge is 0.374 e. The van der Waals surface area contributed by atoms with Crippen molar-refractivity contribution in [2.45, 2.75) is 12.5 Å². The van der Waals surface area contributed by atoms with Crippen LogP contribution in [0.25, 0.3) is 0 Å². The summed E-state index contributed by atoms with van der Waals surface area (Å²) in [6, 6.07) is 6.95. The molecule has 0 spiro atoms. The number of ether oxygens (including phenoxy) is 1. The molecule has 0 aliphatic carbocycles. The second-order valence-corrected chi connectivity index (χ2v) is 4.37. The molecule has 0 saturated carbocycles. The fourth-order valence-corrected chi connectivity index (χ4v) is 2.11. The molecule has 1 atom stereocenters. The summed E-state index contributed by atoms with van der Waals surface area (Å²) in [5, 5.41) is 0. The lowest BCUT2D eigenvalue weighted by molar-refractivity contribution is -0.0227. The zero-order chi connectivity index (χ0) is 12.1. The molecule has 1 aromatic rings. The highest BCUT2D eigenvalue weighted by Crippen LogP contribution is 2.10. The third-order valence-electron chi connectivity index (χ3n) is 3.14. The van der Waals surface area contributed by atoms with Crippen LogP contribution in [0.2, 0.25) is 0 Å². The first kappa shape index (κ1) is 12.5. The first-order chi connectivity index (χ1) is 8.29. The zero-order valence-electron chi connectivity index (χ0n) is 9.94. The van der Waals surface area contributed by atoms with Crippen molar-refractivity contribution in [3.8, 4) is 0 Å². The minimum atomic E-state index is -0.115. The molecule has 1 aliphatic heterocycles. The predicted octanol–water partition coefficient (Wildman–Crippen LogP) is 1.03. The maximum absolute atomic E-state index is 13.4. The van der Waals surface area contributed by atoms with Crippen LogP contribution in [0, 0.1) is 5.82 Å². The molecular formula is C13H19FN2O. The van der Waals surface area contributed by atoms with Crippen LogP contribution in [0.5, 0.6) is 0 Å². The summed E-state index contributed by atoms with van der Waals surface area (Å²) in [6.45, 7) is 3.89. The van der Waals surface area contributed by atoms with Crippen LogP contribution < -0.4 is 5.73 Å². The van der Waals surface area contributed by atoms with E-state index in [0.29, 0.717) is 6.54 Å². The Morgan fingerprint density at radius 3 is 3.00 bits per heavy atom. The molecule has 1 fully saturated rings. The highest BCUT2D eigenvalue weighted by atomic mass is 19.1. The highest BCUT2D eigenvalue weighted by Gasteiger charge is 2.18. The van der Waals surface area contributed by atoms with E-state index in [1.165, 1.54) is 6.07 Å². The molecule has 1 heterocycles. The van der Waals surface area contributed by atoms with Gasteiger partial charge in [0.25, 0.3) is 0 Å². The Morgan fingerprint density at radius 2 is 2.24 bits per heavy atom. The van der Waals surface area contributed by atoms with Crippen LogP contribution in [-0.4, -0.2) is 43.8 Å². The summed E-state index contributed by atoms with van der Waals surface area (Å²) in [5.41, 5.74) is 6.37. The highest BCUT2D eigenvalue weighted by molar-refractivity contribution is 5.17. The Balaban J connectivity index is 1.84. The van der Waals surface area contributed by atoms with Gasteiger partial charge in [0, 0.05) is 26.2 Å². The maximum atomic E-state index is 13.4. The summed E-state index contributed by atoms with van der Waals surface area (Å²) in [6.07, 6.45) is 0.869. The molecule has 3 nitrogen and oxygen atoms in total. The van der Waals surface area contributed by atoms with E-state index in [9.17, 15) is 4.39 Å². The summed E-state index contributed by atoms with van der Waals surface area (Å²) in [5.74, 6) is -0.115. The van der Waals surface area contributed by atoms with Gasteiger partial charge in [0.1, 0.15) is 5.82 Å². The topological polar surface area (TPSA) is 38.5 Å². The van der Waals surface area contributed by atoms with Gasteiger partial charge in [-0.1, -0.05) is 18.2 Å². The van der Waals surface area contributed by atoms with Gasteiger partial charge in [-0.05, 0) is 18.1 Å². The first-order valence-electron chi connectivity index (χ1n) is 6.07. The van der Waals surface area contributed by atoms with E-state index in [-0.39, 0.29) is 11.9 Å². The lowest BCUT2D eigenvalue weighted by Crippen LogP contribution is -2.46. The van der Waals surface area contributed by atoms with Crippen LogP contribution in [0.3, 0.4) is 0 Å². The van der Waals surface area contributed by atoms with Gasteiger partial charge in [0.15, 0.2) is 0 Å². The SMILES string of the molecule is NCC1CN(CCc2ccccc2F)CCO1. The third-order valence-corrected chi connectivity index (χ3v) is 3.14. The van der Waals surface area contributed by atoms with Crippen LogP contribution in [0.4, 0.5) is 4.39 Å². The minimum Gasteiger partial charge on any atom is -0.374 e. The third kappa shape index (κ3) is 3.49. The van der Waals surface area contributed by atoms with Gasteiger partial charge in [-0.15, -0.1) is 0 Å². The first-order valence-corrected chi connectivity index (χ1v) is 6.07. The van der Waals surface area contributed by atoms with Crippen LogP contribution >= 0.6 is 0 Å². The number of nitrogens with zero attached hydrogens (tertiary/aromatic N) is 1. The Morgan fingerprint density at radius 1 is 1.41 bits per heavy atom. The summed E-state index contributed by atoms with van der Waals surface area (Å²) < 4.78 is 18.9. The van der Waals surface area contributed by atoms with E-state index in [1.807, 2.05) is 12.1 Å². The van der Waals surface area contributed by atoms with Crippen molar-refractivity contribution in [2.75, 3.05) is 32.8 Å². The van der Waals surface area contributed by atoms with Crippen molar-refractivity contribution in [3.63, 3.8) is 0 Å². The molecule has 1 aromatic carbocycles. The molecule has 1 saturated heterocycles. The van der Waals surface area contributed by atoms with Crippen LogP contribution in [0.1, 0.15) is 5.56 Å². The van der Waals surface area contributed by atoms with Gasteiger partial charge in [0.2, 0.25) is 0 Å². The Bertz CT molecular complexity index is 359. The average Bonchev–Trinajstić information content (AvgIpc) is 2.38. The predicted molar refractivity (Wildman–Crippen MR) is 65.3 cm³/mol. The lowest BCUT2D eigenvalue weighted by Gasteiger charge is -2.32. The summed E-state index contributed by atoms with van der Waals surface area (Å²) in [4.78, 5) is 2.29. The quantitative estimate of drug-likeness (QED) is 0.851. The molecule has 0 radical (unpaired) electrons. The summed E-state index contributed by atoms with van der Waals surface area (Å²) in [7, 11) is 0. The van der Waals surface area contributed by atoms with Crippen molar-refractivity contribution >= 4 is 0 Å². The number of halogens is 1. The molecule has 94 valence electrons. The molecule has 0 amide bonds. The van der Waals surface area contributed by atoms with E-state index in [4.69, 9.17) is 10.5 Å². The minimum absolute atomic E-state index is 0.115. The number of nitrogens with two attached hydrogens (primary N) is 1. The Hall–Kier alpha value is -0.970. The monoisotopic (exact) mass is 238 g/mol. The summed E-state index contributed by atoms with van der Waals surface area (Å²) >= 11 is 0. The van der Waals surface area contributed by atoms with Gasteiger partial charge in [-0.25, -0.2) is 4.39 Å². The van der Waals surface area contributed by atoms with Crippen molar-refractivity contribution in [1.82, 2.24) is 4.90 Å². The number of hydrogen-bond acceptors (Lipinski definition) is 3. The molecule has 1 aliphatic rings. The molecule has 1 unspecified atom stereocenters. The van der Waals surface area contributed by atoms with Gasteiger partial charge in [-0.3, -0.25) is 4.90 Å². The van der Waals surface area contributed by atoms with Crippen molar-refractivity contribution < 1.29 is 9.13 Å². The average molecular weight is 238 g/mol. The number of hydrogen-bond donors (Lipinski definition) is 1. The maximum Gasteiger partial charge on any atom is 0.126 e.